The van der Waals surface area contributed by atoms with Crippen LogP contribution in [0.25, 0.3) is 11.3 Å². The molecule has 4 N–H and O–H groups in total. The summed E-state index contributed by atoms with van der Waals surface area (Å²) in [4.78, 5) is 22.8. The number of aromatic nitrogens is 2. The average Bonchev–Trinajstić information content (AvgIpc) is 2.39. The third kappa shape index (κ3) is 2.39. The predicted molar refractivity (Wildman–Crippen MR) is 67.0 cm³/mol. The normalized spacial score (nSPS) is 10.1. The molecule has 0 bridgehead atoms. The summed E-state index contributed by atoms with van der Waals surface area (Å²) in [5.41, 5.74) is 2.37. The van der Waals surface area contributed by atoms with E-state index in [1.807, 2.05) is 5.43 Å². The molecule has 6 nitrogen and oxygen atoms in total. The fourth-order valence-electron chi connectivity index (χ4n) is 1.42. The number of carbonyl (C=O) groups is 1. The van der Waals surface area contributed by atoms with Gasteiger partial charge in [0.2, 0.25) is 0 Å². The molecule has 0 aliphatic carbocycles. The number of H-pyrrole nitrogens is 1. The topological polar surface area (TPSA) is 101 Å². The molecule has 0 aliphatic rings. The summed E-state index contributed by atoms with van der Waals surface area (Å²) >= 11 is 5.77. The van der Waals surface area contributed by atoms with Gasteiger partial charge >= 0.3 is 0 Å². The maximum atomic E-state index is 11.4. The summed E-state index contributed by atoms with van der Waals surface area (Å²) in [6.45, 7) is 0. The van der Waals surface area contributed by atoms with Gasteiger partial charge in [0.1, 0.15) is 5.56 Å². The van der Waals surface area contributed by atoms with Gasteiger partial charge in [-0.1, -0.05) is 23.7 Å². The van der Waals surface area contributed by atoms with Crippen molar-refractivity contribution in [3.05, 3.63) is 51.3 Å². The highest BCUT2D eigenvalue weighted by Crippen LogP contribution is 2.18. The number of hydrogen-bond donors (Lipinski definition) is 3. The molecule has 0 unspecified atom stereocenters. The van der Waals surface area contributed by atoms with Crippen molar-refractivity contribution in [1.82, 2.24) is 15.6 Å². The number of halogens is 1. The fraction of sp³-hybridized carbons (Fsp3) is 0. The van der Waals surface area contributed by atoms with Crippen LogP contribution in [0, 0.1) is 0 Å². The molecule has 0 saturated carbocycles. The molecule has 0 fully saturated rings. The Labute approximate surface area is 107 Å². The average molecular weight is 265 g/mol. The summed E-state index contributed by atoms with van der Waals surface area (Å²) in [6, 6.07) is 8.20. The Morgan fingerprint density at radius 1 is 1.33 bits per heavy atom. The highest BCUT2D eigenvalue weighted by molar-refractivity contribution is 6.30. The fourth-order valence-corrected chi connectivity index (χ4v) is 1.55. The first-order valence-electron chi connectivity index (χ1n) is 4.98. The molecule has 1 aromatic heterocycles. The number of nitrogen functional groups attached to an aromatic ring is 1. The molecule has 1 amide bonds. The van der Waals surface area contributed by atoms with Crippen LogP contribution in [0.4, 0.5) is 0 Å². The van der Waals surface area contributed by atoms with Gasteiger partial charge in [-0.25, -0.2) is 10.9 Å². The number of benzene rings is 1. The van der Waals surface area contributed by atoms with Gasteiger partial charge in [0.05, 0.1) is 5.69 Å². The molecule has 0 saturated heterocycles. The van der Waals surface area contributed by atoms with Crippen LogP contribution in [-0.4, -0.2) is 16.1 Å². The lowest BCUT2D eigenvalue weighted by Crippen LogP contribution is -2.34. The zero-order valence-corrected chi connectivity index (χ0v) is 9.86. The van der Waals surface area contributed by atoms with E-state index in [0.29, 0.717) is 10.7 Å². The van der Waals surface area contributed by atoms with Crippen LogP contribution in [0.15, 0.2) is 35.1 Å². The first-order valence-corrected chi connectivity index (χ1v) is 5.36. The van der Waals surface area contributed by atoms with Crippen molar-refractivity contribution >= 4 is 17.5 Å². The van der Waals surface area contributed by atoms with Gasteiger partial charge in [0, 0.05) is 10.6 Å². The summed E-state index contributed by atoms with van der Waals surface area (Å²) in [7, 11) is 0. The quantitative estimate of drug-likeness (QED) is 0.422. The van der Waals surface area contributed by atoms with Crippen molar-refractivity contribution < 1.29 is 4.79 Å². The van der Waals surface area contributed by atoms with E-state index in [0.717, 1.165) is 5.56 Å². The van der Waals surface area contributed by atoms with Crippen molar-refractivity contribution in [2.75, 3.05) is 0 Å². The van der Waals surface area contributed by atoms with Crippen molar-refractivity contribution in [2.45, 2.75) is 0 Å². The summed E-state index contributed by atoms with van der Waals surface area (Å²) in [5, 5.41) is 6.68. The van der Waals surface area contributed by atoms with Crippen molar-refractivity contribution in [2.24, 2.45) is 5.84 Å². The first kappa shape index (κ1) is 12.3. The zero-order chi connectivity index (χ0) is 13.1. The zero-order valence-electron chi connectivity index (χ0n) is 9.11. The van der Waals surface area contributed by atoms with Crippen LogP contribution in [-0.2, 0) is 0 Å². The van der Waals surface area contributed by atoms with E-state index in [1.54, 1.807) is 24.3 Å². The number of rotatable bonds is 2. The van der Waals surface area contributed by atoms with Gasteiger partial charge in [-0.05, 0) is 18.2 Å². The number of hydrogen-bond acceptors (Lipinski definition) is 4. The van der Waals surface area contributed by atoms with Crippen LogP contribution in [0.5, 0.6) is 0 Å². The number of carbonyl (C=O) groups excluding carboxylic acids is 1. The Bertz CT molecular complexity index is 636. The van der Waals surface area contributed by atoms with E-state index in [4.69, 9.17) is 17.4 Å². The van der Waals surface area contributed by atoms with E-state index in [1.165, 1.54) is 6.07 Å². The molecule has 2 aromatic rings. The minimum absolute atomic E-state index is 0.0996. The molecule has 1 aromatic carbocycles. The van der Waals surface area contributed by atoms with Crippen molar-refractivity contribution in [1.29, 1.82) is 0 Å². The molecule has 18 heavy (non-hydrogen) atoms. The molecular weight excluding hydrogens is 256 g/mol. The number of nitrogens with zero attached hydrogens (tertiary/aromatic N) is 1. The lowest BCUT2D eigenvalue weighted by atomic mass is 10.1. The Balaban J connectivity index is 2.50. The second-order valence-electron chi connectivity index (χ2n) is 3.48. The van der Waals surface area contributed by atoms with Gasteiger partial charge in [0.25, 0.3) is 11.5 Å². The van der Waals surface area contributed by atoms with Crippen LogP contribution in [0.3, 0.4) is 0 Å². The number of aromatic amines is 1. The largest absolute Gasteiger partial charge is 0.290 e. The lowest BCUT2D eigenvalue weighted by Gasteiger charge is -2.03. The molecule has 0 atom stereocenters. The number of nitrogens with two attached hydrogens (primary N) is 1. The van der Waals surface area contributed by atoms with Gasteiger partial charge in [-0.2, -0.15) is 5.10 Å². The third-order valence-corrected chi connectivity index (χ3v) is 2.57. The van der Waals surface area contributed by atoms with E-state index in [9.17, 15) is 9.59 Å². The molecule has 0 spiro atoms. The number of amides is 1. The SMILES string of the molecule is NNC(=O)c1cc(-c2ccc(Cl)cc2)n[nH]c1=O. The highest BCUT2D eigenvalue weighted by Gasteiger charge is 2.11. The number of hydrazine groups is 1. The highest BCUT2D eigenvalue weighted by atomic mass is 35.5. The molecule has 0 radical (unpaired) electrons. The second kappa shape index (κ2) is 4.99. The van der Waals surface area contributed by atoms with Crippen molar-refractivity contribution in [3.63, 3.8) is 0 Å². The predicted octanol–water partition coefficient (Wildman–Crippen LogP) is 0.694. The second-order valence-corrected chi connectivity index (χ2v) is 3.91. The Hall–Kier alpha value is -2.18. The smallest absolute Gasteiger partial charge is 0.277 e. The van der Waals surface area contributed by atoms with Crippen LogP contribution >= 0.6 is 11.6 Å². The molecule has 1 heterocycles. The van der Waals surface area contributed by atoms with E-state index >= 15 is 0 Å². The van der Waals surface area contributed by atoms with Crippen LogP contribution in [0.1, 0.15) is 10.4 Å². The number of nitrogens with one attached hydrogen (secondary N) is 2. The van der Waals surface area contributed by atoms with Gasteiger partial charge < -0.3 is 0 Å². The first-order chi connectivity index (χ1) is 8.61. The standard InChI is InChI=1S/C11H9ClN4O2/c12-7-3-1-6(2-4-7)9-5-8(10(17)14-13)11(18)16-15-9/h1-5H,13H2,(H,14,17)(H,16,18). The minimum Gasteiger partial charge on any atom is -0.290 e. The van der Waals surface area contributed by atoms with Gasteiger partial charge in [-0.3, -0.25) is 15.0 Å². The molecular formula is C11H9ClN4O2. The van der Waals surface area contributed by atoms with Crippen molar-refractivity contribution in [3.8, 4) is 11.3 Å². The van der Waals surface area contributed by atoms with Gasteiger partial charge in [-0.15, -0.1) is 0 Å². The third-order valence-electron chi connectivity index (χ3n) is 2.32. The molecule has 7 heteroatoms. The molecule has 2 rings (SSSR count). The van der Waals surface area contributed by atoms with Crippen LogP contribution in [0.2, 0.25) is 5.02 Å². The summed E-state index contributed by atoms with van der Waals surface area (Å²) in [5.74, 6) is 4.32. The summed E-state index contributed by atoms with van der Waals surface area (Å²) < 4.78 is 0. The lowest BCUT2D eigenvalue weighted by molar-refractivity contribution is 0.0952. The maximum Gasteiger partial charge on any atom is 0.277 e. The Morgan fingerprint density at radius 3 is 2.61 bits per heavy atom. The van der Waals surface area contributed by atoms with Crippen LogP contribution < -0.4 is 16.8 Å². The van der Waals surface area contributed by atoms with E-state index < -0.39 is 11.5 Å². The molecule has 92 valence electrons. The monoisotopic (exact) mass is 264 g/mol. The Kier molecular flexibility index (Phi) is 3.40. The van der Waals surface area contributed by atoms with E-state index in [-0.39, 0.29) is 5.56 Å². The molecule has 0 aliphatic heterocycles. The van der Waals surface area contributed by atoms with Gasteiger partial charge in [0.15, 0.2) is 0 Å². The Morgan fingerprint density at radius 2 is 2.00 bits per heavy atom. The minimum atomic E-state index is -0.672. The maximum absolute atomic E-state index is 11.4. The summed E-state index contributed by atoms with van der Waals surface area (Å²) in [6.07, 6.45) is 0. The van der Waals surface area contributed by atoms with E-state index in [2.05, 4.69) is 10.2 Å².